The molecule has 0 spiro atoms. The number of carbonyl (C=O) groups excluding carboxylic acids is 1. The van der Waals surface area contributed by atoms with Crippen molar-refractivity contribution in [3.63, 3.8) is 0 Å². The van der Waals surface area contributed by atoms with Crippen LogP contribution in [-0.2, 0) is 11.3 Å². The van der Waals surface area contributed by atoms with Gasteiger partial charge in [-0.05, 0) is 25.8 Å². The molecule has 3 rings (SSSR count). The molecule has 1 N–H and O–H groups in total. The number of nitrogens with one attached hydrogen (secondary N) is 1. The fraction of sp³-hybridized carbons (Fsp3) is 0.500. The van der Waals surface area contributed by atoms with E-state index in [1.165, 1.54) is 35.2 Å². The average molecular weight is 332 g/mol. The van der Waals surface area contributed by atoms with Crippen LogP contribution in [0.25, 0.3) is 0 Å². The van der Waals surface area contributed by atoms with Gasteiger partial charge in [-0.25, -0.2) is 0 Å². The third-order valence-electron chi connectivity index (χ3n) is 4.17. The van der Waals surface area contributed by atoms with Crippen molar-refractivity contribution in [2.75, 3.05) is 5.32 Å². The number of hydrogen-bond donors (Lipinski definition) is 1. The maximum absolute atomic E-state index is 12.1. The minimum Gasteiger partial charge on any atom is -0.306 e. The summed E-state index contributed by atoms with van der Waals surface area (Å²) in [6.45, 7) is 1.72. The van der Waals surface area contributed by atoms with Gasteiger partial charge in [-0.15, -0.1) is 10.2 Å². The topological polar surface area (TPSA) is 76.9 Å². The van der Waals surface area contributed by atoms with Crippen LogP contribution >= 0.6 is 11.3 Å². The summed E-state index contributed by atoms with van der Waals surface area (Å²) in [5.74, 6) is 0.218. The van der Waals surface area contributed by atoms with E-state index in [0.717, 1.165) is 17.8 Å². The average Bonchev–Trinajstić information content (AvgIpc) is 3.01. The molecule has 1 aliphatic rings. The van der Waals surface area contributed by atoms with Crippen LogP contribution in [-0.4, -0.2) is 20.7 Å². The van der Waals surface area contributed by atoms with Gasteiger partial charge in [0.05, 0.1) is 0 Å². The molecule has 6 nitrogen and oxygen atoms in total. The summed E-state index contributed by atoms with van der Waals surface area (Å²) in [7, 11) is 0. The highest BCUT2D eigenvalue weighted by Crippen LogP contribution is 2.35. The van der Waals surface area contributed by atoms with E-state index >= 15 is 0 Å². The Morgan fingerprint density at radius 2 is 2.13 bits per heavy atom. The van der Waals surface area contributed by atoms with E-state index in [-0.39, 0.29) is 18.0 Å². The Morgan fingerprint density at radius 3 is 2.91 bits per heavy atom. The molecule has 7 heteroatoms. The third-order valence-corrected chi connectivity index (χ3v) is 5.17. The summed E-state index contributed by atoms with van der Waals surface area (Å²) < 4.78 is 1.40. The van der Waals surface area contributed by atoms with Crippen molar-refractivity contribution in [3.05, 3.63) is 39.3 Å². The molecule has 0 radical (unpaired) electrons. The van der Waals surface area contributed by atoms with Gasteiger partial charge in [0.1, 0.15) is 11.6 Å². The minimum atomic E-state index is -0.260. The maximum atomic E-state index is 12.1. The van der Waals surface area contributed by atoms with Crippen molar-refractivity contribution in [2.45, 2.75) is 51.5 Å². The molecule has 23 heavy (non-hydrogen) atoms. The normalized spacial score (nSPS) is 15.5. The quantitative estimate of drug-likeness (QED) is 0.934. The van der Waals surface area contributed by atoms with Crippen LogP contribution in [0.15, 0.2) is 23.1 Å². The Balaban J connectivity index is 1.63. The van der Waals surface area contributed by atoms with Gasteiger partial charge >= 0.3 is 0 Å². The van der Waals surface area contributed by atoms with Gasteiger partial charge in [-0.3, -0.25) is 14.9 Å². The first-order valence-electron chi connectivity index (χ1n) is 7.93. The van der Waals surface area contributed by atoms with Crippen molar-refractivity contribution in [3.8, 4) is 0 Å². The van der Waals surface area contributed by atoms with Crippen molar-refractivity contribution >= 4 is 22.4 Å². The van der Waals surface area contributed by atoms with Crippen LogP contribution in [0.3, 0.4) is 0 Å². The molecule has 2 aromatic heterocycles. The number of carbonyl (C=O) groups is 1. The summed E-state index contributed by atoms with van der Waals surface area (Å²) in [5.41, 5.74) is 0.471. The summed E-state index contributed by atoms with van der Waals surface area (Å²) in [4.78, 5) is 24.0. The van der Waals surface area contributed by atoms with E-state index in [1.54, 1.807) is 25.3 Å². The lowest BCUT2D eigenvalue weighted by atomic mass is 9.90. The molecule has 0 saturated heterocycles. The first-order valence-corrected chi connectivity index (χ1v) is 8.74. The fourth-order valence-electron chi connectivity index (χ4n) is 2.89. The van der Waals surface area contributed by atoms with E-state index in [9.17, 15) is 9.59 Å². The van der Waals surface area contributed by atoms with E-state index in [2.05, 4.69) is 15.5 Å². The summed E-state index contributed by atoms with van der Waals surface area (Å²) in [5, 5.41) is 12.5. The molecular formula is C16H20N4O2S. The number of hydrogen-bond acceptors (Lipinski definition) is 5. The zero-order valence-corrected chi connectivity index (χ0v) is 13.9. The summed E-state index contributed by atoms with van der Waals surface area (Å²) in [6.07, 6.45) is 7.69. The molecule has 0 atom stereocenters. The lowest BCUT2D eigenvalue weighted by Gasteiger charge is -2.18. The number of pyridine rings is 1. The Bertz CT molecular complexity index is 747. The standard InChI is InChI=1S/C16H20N4O2S/c1-11-6-5-9-20(15(11)22)10-13(21)17-16-19-18-14(23-16)12-7-3-2-4-8-12/h5-6,9,12H,2-4,7-8,10H2,1H3,(H,17,19,21). The Kier molecular flexibility index (Phi) is 4.85. The number of aryl methyl sites for hydroxylation is 1. The van der Waals surface area contributed by atoms with Crippen LogP contribution in [0.5, 0.6) is 0 Å². The molecule has 2 heterocycles. The van der Waals surface area contributed by atoms with Crippen LogP contribution in [0.4, 0.5) is 5.13 Å². The van der Waals surface area contributed by atoms with Gasteiger partial charge in [0.25, 0.3) is 5.56 Å². The van der Waals surface area contributed by atoms with Gasteiger partial charge < -0.3 is 4.57 Å². The lowest BCUT2D eigenvalue weighted by Crippen LogP contribution is -2.28. The second kappa shape index (κ2) is 7.04. The molecule has 0 aliphatic heterocycles. The third kappa shape index (κ3) is 3.85. The molecule has 1 fully saturated rings. The van der Waals surface area contributed by atoms with Crippen molar-refractivity contribution < 1.29 is 4.79 Å². The number of nitrogens with zero attached hydrogens (tertiary/aromatic N) is 3. The zero-order valence-electron chi connectivity index (χ0n) is 13.1. The van der Waals surface area contributed by atoms with Crippen LogP contribution in [0.1, 0.15) is 48.6 Å². The molecule has 1 aliphatic carbocycles. The molecule has 1 amide bonds. The first kappa shape index (κ1) is 15.9. The van der Waals surface area contributed by atoms with Crippen molar-refractivity contribution in [1.29, 1.82) is 0 Å². The van der Waals surface area contributed by atoms with Gasteiger partial charge in [-0.2, -0.15) is 0 Å². The molecule has 0 bridgehead atoms. The van der Waals surface area contributed by atoms with E-state index < -0.39 is 0 Å². The Hall–Kier alpha value is -2.02. The first-order chi connectivity index (χ1) is 11.1. The predicted molar refractivity (Wildman–Crippen MR) is 89.8 cm³/mol. The summed E-state index contributed by atoms with van der Waals surface area (Å²) >= 11 is 1.44. The lowest BCUT2D eigenvalue weighted by molar-refractivity contribution is -0.116. The number of amides is 1. The zero-order chi connectivity index (χ0) is 16.2. The fourth-order valence-corrected chi connectivity index (χ4v) is 3.82. The predicted octanol–water partition coefficient (Wildman–Crippen LogP) is 2.69. The molecule has 1 saturated carbocycles. The van der Waals surface area contributed by atoms with Crippen LogP contribution in [0.2, 0.25) is 0 Å². The minimum absolute atomic E-state index is 0.0150. The van der Waals surface area contributed by atoms with E-state index in [1.807, 2.05) is 0 Å². The van der Waals surface area contributed by atoms with Crippen LogP contribution in [0, 0.1) is 6.92 Å². The van der Waals surface area contributed by atoms with Crippen LogP contribution < -0.4 is 10.9 Å². The number of rotatable bonds is 4. The second-order valence-electron chi connectivity index (χ2n) is 5.95. The smallest absolute Gasteiger partial charge is 0.253 e. The largest absolute Gasteiger partial charge is 0.306 e. The van der Waals surface area contributed by atoms with E-state index in [0.29, 0.717) is 16.6 Å². The second-order valence-corrected chi connectivity index (χ2v) is 6.96. The van der Waals surface area contributed by atoms with Gasteiger partial charge in [0.15, 0.2) is 0 Å². The summed E-state index contributed by atoms with van der Waals surface area (Å²) in [6, 6.07) is 3.49. The van der Waals surface area contributed by atoms with Crippen molar-refractivity contribution in [1.82, 2.24) is 14.8 Å². The molecule has 122 valence electrons. The van der Waals surface area contributed by atoms with Gasteiger partial charge in [0, 0.05) is 17.7 Å². The van der Waals surface area contributed by atoms with Gasteiger partial charge in [0.2, 0.25) is 11.0 Å². The number of anilines is 1. The van der Waals surface area contributed by atoms with Crippen molar-refractivity contribution in [2.24, 2.45) is 0 Å². The Morgan fingerprint density at radius 1 is 1.35 bits per heavy atom. The Labute approximate surface area is 138 Å². The maximum Gasteiger partial charge on any atom is 0.253 e. The SMILES string of the molecule is Cc1cccn(CC(=O)Nc2nnc(C3CCCCC3)s2)c1=O. The molecule has 0 aromatic carbocycles. The highest BCUT2D eigenvalue weighted by molar-refractivity contribution is 7.15. The molecular weight excluding hydrogens is 312 g/mol. The van der Waals surface area contributed by atoms with E-state index in [4.69, 9.17) is 0 Å². The molecule has 2 aromatic rings. The monoisotopic (exact) mass is 332 g/mol. The van der Waals surface area contributed by atoms with Gasteiger partial charge in [-0.1, -0.05) is 36.7 Å². The highest BCUT2D eigenvalue weighted by Gasteiger charge is 2.20. The highest BCUT2D eigenvalue weighted by atomic mass is 32.1. The number of aromatic nitrogens is 3. The molecule has 0 unspecified atom stereocenters.